The molecule has 0 aliphatic carbocycles. The monoisotopic (exact) mass is 260 g/mol. The van der Waals surface area contributed by atoms with Crippen molar-refractivity contribution in [2.75, 3.05) is 17.9 Å². The van der Waals surface area contributed by atoms with Crippen LogP contribution >= 0.6 is 0 Å². The Kier molecular flexibility index (Phi) is 6.39. The van der Waals surface area contributed by atoms with E-state index in [0.717, 1.165) is 11.4 Å². The summed E-state index contributed by atoms with van der Waals surface area (Å²) in [6, 6.07) is 7.29. The number of benzene rings is 1. The van der Waals surface area contributed by atoms with Crippen molar-refractivity contribution in [2.45, 2.75) is 12.8 Å². The summed E-state index contributed by atoms with van der Waals surface area (Å²) in [7, 11) is 1.55. The van der Waals surface area contributed by atoms with E-state index in [1.54, 1.807) is 19.3 Å². The van der Waals surface area contributed by atoms with E-state index in [4.69, 9.17) is 4.84 Å². The molecule has 1 aromatic rings. The van der Waals surface area contributed by atoms with Gasteiger partial charge in [0.05, 0.1) is 12.8 Å². The van der Waals surface area contributed by atoms with Gasteiger partial charge in [-0.05, 0) is 37.1 Å². The third-order valence-corrected chi connectivity index (χ3v) is 2.65. The first kappa shape index (κ1) is 15.0. The summed E-state index contributed by atoms with van der Waals surface area (Å²) in [5, 5.41) is 2.88. The lowest BCUT2D eigenvalue weighted by Gasteiger charge is -2.13. The summed E-state index contributed by atoms with van der Waals surface area (Å²) in [6.07, 6.45) is 4.78. The van der Waals surface area contributed by atoms with Gasteiger partial charge in [-0.1, -0.05) is 12.2 Å². The van der Waals surface area contributed by atoms with Crippen LogP contribution in [-0.4, -0.2) is 13.0 Å². The van der Waals surface area contributed by atoms with Gasteiger partial charge in [0.25, 0.3) is 0 Å². The molecule has 4 nitrogen and oxygen atoms in total. The van der Waals surface area contributed by atoms with E-state index in [9.17, 15) is 4.79 Å². The zero-order valence-electron chi connectivity index (χ0n) is 11.2. The zero-order chi connectivity index (χ0) is 14.1. The smallest absolute Gasteiger partial charge is 0.228 e. The van der Waals surface area contributed by atoms with Crippen LogP contribution < -0.4 is 10.8 Å². The van der Waals surface area contributed by atoms with Gasteiger partial charge in [0.15, 0.2) is 0 Å². The average Bonchev–Trinajstić information content (AvgIpc) is 2.41. The molecule has 19 heavy (non-hydrogen) atoms. The van der Waals surface area contributed by atoms with Gasteiger partial charge >= 0.3 is 0 Å². The van der Waals surface area contributed by atoms with E-state index in [1.807, 2.05) is 24.3 Å². The number of amides is 1. The van der Waals surface area contributed by atoms with Crippen LogP contribution in [0.2, 0.25) is 0 Å². The Hall–Kier alpha value is -2.07. The summed E-state index contributed by atoms with van der Waals surface area (Å²) in [4.78, 5) is 16.8. The number of allylic oxidation sites excluding steroid dienone is 2. The lowest BCUT2D eigenvalue weighted by molar-refractivity contribution is -0.119. The molecule has 0 spiro atoms. The standard InChI is InChI=1S/C15H20N2O2/c1-4-6-12(7-5-2)15(18)16-13-8-10-14(11-9-13)17-19-3/h4-5,8-12,17H,1-2,6-7H2,3H3,(H,16,18). The summed E-state index contributed by atoms with van der Waals surface area (Å²) >= 11 is 0. The van der Waals surface area contributed by atoms with Crippen molar-refractivity contribution in [3.63, 3.8) is 0 Å². The van der Waals surface area contributed by atoms with Crippen LogP contribution in [0.15, 0.2) is 49.6 Å². The van der Waals surface area contributed by atoms with Crippen molar-refractivity contribution in [1.29, 1.82) is 0 Å². The van der Waals surface area contributed by atoms with Crippen molar-refractivity contribution < 1.29 is 9.63 Å². The number of rotatable bonds is 8. The van der Waals surface area contributed by atoms with Crippen LogP contribution in [0.1, 0.15) is 12.8 Å². The second kappa shape index (κ2) is 8.11. The van der Waals surface area contributed by atoms with Gasteiger partial charge in [-0.15, -0.1) is 13.2 Å². The Morgan fingerprint density at radius 3 is 2.21 bits per heavy atom. The second-order valence-corrected chi connectivity index (χ2v) is 4.12. The van der Waals surface area contributed by atoms with Gasteiger partial charge in [-0.3, -0.25) is 15.1 Å². The molecule has 0 heterocycles. The molecule has 2 N–H and O–H groups in total. The third kappa shape index (κ3) is 4.97. The van der Waals surface area contributed by atoms with E-state index >= 15 is 0 Å². The maximum atomic E-state index is 12.1. The molecule has 1 rings (SSSR count). The van der Waals surface area contributed by atoms with E-state index in [0.29, 0.717) is 12.8 Å². The van der Waals surface area contributed by atoms with Crippen molar-refractivity contribution in [1.82, 2.24) is 0 Å². The Bertz CT molecular complexity index is 416. The molecule has 4 heteroatoms. The molecule has 0 saturated heterocycles. The van der Waals surface area contributed by atoms with Crippen molar-refractivity contribution in [3.8, 4) is 0 Å². The highest BCUT2D eigenvalue weighted by Crippen LogP contribution is 2.17. The van der Waals surface area contributed by atoms with Gasteiger partial charge in [-0.25, -0.2) is 0 Å². The van der Waals surface area contributed by atoms with Crippen LogP contribution in [0, 0.1) is 5.92 Å². The van der Waals surface area contributed by atoms with Crippen molar-refractivity contribution >= 4 is 17.3 Å². The van der Waals surface area contributed by atoms with Gasteiger partial charge < -0.3 is 5.32 Å². The normalized spacial score (nSPS) is 10.0. The highest BCUT2D eigenvalue weighted by molar-refractivity contribution is 5.92. The van der Waals surface area contributed by atoms with Crippen LogP contribution in [-0.2, 0) is 9.63 Å². The average molecular weight is 260 g/mol. The first-order chi connectivity index (χ1) is 9.21. The van der Waals surface area contributed by atoms with E-state index in [2.05, 4.69) is 24.0 Å². The van der Waals surface area contributed by atoms with Crippen molar-refractivity contribution in [3.05, 3.63) is 49.6 Å². The summed E-state index contributed by atoms with van der Waals surface area (Å²) in [5.41, 5.74) is 4.29. The lowest BCUT2D eigenvalue weighted by atomic mass is 10.0. The minimum Gasteiger partial charge on any atom is -0.326 e. The minimum absolute atomic E-state index is 0.0211. The topological polar surface area (TPSA) is 50.4 Å². The first-order valence-corrected chi connectivity index (χ1v) is 6.13. The Labute approximate surface area is 114 Å². The maximum Gasteiger partial charge on any atom is 0.228 e. The molecule has 0 bridgehead atoms. The van der Waals surface area contributed by atoms with Crippen LogP contribution in [0.25, 0.3) is 0 Å². The fourth-order valence-electron chi connectivity index (χ4n) is 1.70. The molecule has 0 aliphatic heterocycles. The fourth-order valence-corrected chi connectivity index (χ4v) is 1.70. The quantitative estimate of drug-likeness (QED) is 0.556. The number of carbonyl (C=O) groups is 1. The van der Waals surface area contributed by atoms with Crippen LogP contribution in [0.3, 0.4) is 0 Å². The highest BCUT2D eigenvalue weighted by atomic mass is 16.6. The van der Waals surface area contributed by atoms with E-state index in [1.165, 1.54) is 0 Å². The van der Waals surface area contributed by atoms with Crippen LogP contribution in [0.5, 0.6) is 0 Å². The van der Waals surface area contributed by atoms with Crippen LogP contribution in [0.4, 0.5) is 11.4 Å². The van der Waals surface area contributed by atoms with Gasteiger partial charge in [-0.2, -0.15) is 0 Å². The predicted octanol–water partition coefficient (Wildman–Crippen LogP) is 3.37. The SMILES string of the molecule is C=CCC(CC=C)C(=O)Nc1ccc(NOC)cc1. The van der Waals surface area contributed by atoms with E-state index in [-0.39, 0.29) is 11.8 Å². The molecule has 0 saturated carbocycles. The molecular weight excluding hydrogens is 240 g/mol. The molecule has 0 radical (unpaired) electrons. The molecule has 1 amide bonds. The molecule has 0 atom stereocenters. The minimum atomic E-state index is -0.119. The molecule has 0 aliphatic rings. The highest BCUT2D eigenvalue weighted by Gasteiger charge is 2.15. The summed E-state index contributed by atoms with van der Waals surface area (Å²) in [6.45, 7) is 7.34. The second-order valence-electron chi connectivity index (χ2n) is 4.12. The Morgan fingerprint density at radius 1 is 1.21 bits per heavy atom. The molecule has 1 aromatic carbocycles. The molecule has 0 aromatic heterocycles. The molecule has 0 fully saturated rings. The number of hydrogen-bond acceptors (Lipinski definition) is 3. The number of anilines is 2. The van der Waals surface area contributed by atoms with Gasteiger partial charge in [0.2, 0.25) is 5.91 Å². The molecule has 102 valence electrons. The van der Waals surface area contributed by atoms with Gasteiger partial charge in [0.1, 0.15) is 0 Å². The summed E-state index contributed by atoms with van der Waals surface area (Å²) in [5.74, 6) is -0.140. The Balaban J connectivity index is 2.63. The Morgan fingerprint density at radius 2 is 1.74 bits per heavy atom. The molecule has 0 unspecified atom stereocenters. The first-order valence-electron chi connectivity index (χ1n) is 6.13. The van der Waals surface area contributed by atoms with Gasteiger partial charge in [0, 0.05) is 11.6 Å². The summed E-state index contributed by atoms with van der Waals surface area (Å²) < 4.78 is 0. The predicted molar refractivity (Wildman–Crippen MR) is 78.8 cm³/mol. The lowest BCUT2D eigenvalue weighted by Crippen LogP contribution is -2.22. The number of hydrogen-bond donors (Lipinski definition) is 2. The zero-order valence-corrected chi connectivity index (χ0v) is 11.2. The van der Waals surface area contributed by atoms with E-state index < -0.39 is 0 Å². The third-order valence-electron chi connectivity index (χ3n) is 2.65. The van der Waals surface area contributed by atoms with Crippen molar-refractivity contribution in [2.24, 2.45) is 5.92 Å². The number of carbonyl (C=O) groups excluding carboxylic acids is 1. The molecular formula is C15H20N2O2. The maximum absolute atomic E-state index is 12.1. The fraction of sp³-hybridized carbons (Fsp3) is 0.267. The largest absolute Gasteiger partial charge is 0.326 e. The number of nitrogens with one attached hydrogen (secondary N) is 2.